The molecule has 1 aromatic rings. The van der Waals surface area contributed by atoms with E-state index in [0.29, 0.717) is 26.3 Å². The second-order valence-corrected chi connectivity index (χ2v) is 4.98. The lowest BCUT2D eigenvalue weighted by atomic mass is 10.2. The van der Waals surface area contributed by atoms with Gasteiger partial charge in [-0.2, -0.15) is 0 Å². The molecule has 0 spiro atoms. The van der Waals surface area contributed by atoms with Gasteiger partial charge in [0.1, 0.15) is 12.4 Å². The van der Waals surface area contributed by atoms with Gasteiger partial charge in [-0.05, 0) is 38.1 Å². The van der Waals surface area contributed by atoms with E-state index in [1.165, 1.54) is 5.56 Å². The molecule has 0 saturated carbocycles. The number of aryl methyl sites for hydroxylation is 1. The van der Waals surface area contributed by atoms with Gasteiger partial charge in [-0.1, -0.05) is 25.5 Å². The third kappa shape index (κ3) is 7.14. The van der Waals surface area contributed by atoms with Gasteiger partial charge in [0.25, 0.3) is 0 Å². The summed E-state index contributed by atoms with van der Waals surface area (Å²) in [5.41, 5.74) is 1.18. The Bertz CT molecular complexity index is 406. The Hall–Kier alpha value is -1.55. The zero-order valence-electron chi connectivity index (χ0n) is 12.7. The lowest BCUT2D eigenvalue weighted by Gasteiger charge is -2.16. The molecule has 0 aromatic heterocycles. The molecule has 0 atom stereocenters. The van der Waals surface area contributed by atoms with Crippen LogP contribution in [0.15, 0.2) is 24.3 Å². The second-order valence-electron chi connectivity index (χ2n) is 4.98. The summed E-state index contributed by atoms with van der Waals surface area (Å²) < 4.78 is 10.8. The molecule has 0 radical (unpaired) electrons. The van der Waals surface area contributed by atoms with Crippen molar-refractivity contribution in [2.75, 3.05) is 33.4 Å². The number of rotatable bonds is 9. The van der Waals surface area contributed by atoms with Gasteiger partial charge >= 0.3 is 5.97 Å². The number of ether oxygens (including phenoxy) is 2. The first kappa shape index (κ1) is 16.5. The average molecular weight is 279 g/mol. The number of hydrogen-bond acceptors (Lipinski definition) is 4. The van der Waals surface area contributed by atoms with Crippen LogP contribution >= 0.6 is 0 Å². The van der Waals surface area contributed by atoms with Crippen LogP contribution in [0.4, 0.5) is 0 Å². The topological polar surface area (TPSA) is 38.8 Å². The monoisotopic (exact) mass is 279 g/mol. The van der Waals surface area contributed by atoms with Gasteiger partial charge in [0.05, 0.1) is 13.2 Å². The van der Waals surface area contributed by atoms with E-state index in [0.717, 1.165) is 18.6 Å². The molecule has 112 valence electrons. The third-order valence-corrected chi connectivity index (χ3v) is 2.89. The minimum Gasteiger partial charge on any atom is -0.492 e. The summed E-state index contributed by atoms with van der Waals surface area (Å²) in [5.74, 6) is 0.695. The first-order chi connectivity index (χ1) is 9.61. The number of hydrogen-bond donors (Lipinski definition) is 0. The van der Waals surface area contributed by atoms with Gasteiger partial charge in [0.2, 0.25) is 0 Å². The van der Waals surface area contributed by atoms with Crippen LogP contribution < -0.4 is 4.74 Å². The minimum absolute atomic E-state index is 0.170. The van der Waals surface area contributed by atoms with E-state index >= 15 is 0 Å². The second kappa shape index (κ2) is 9.37. The molecule has 0 heterocycles. The Morgan fingerprint density at radius 2 is 2.10 bits per heavy atom. The minimum atomic E-state index is -0.170. The first-order valence-corrected chi connectivity index (χ1v) is 7.15. The summed E-state index contributed by atoms with van der Waals surface area (Å²) in [4.78, 5) is 13.4. The summed E-state index contributed by atoms with van der Waals surface area (Å²) in [6, 6.07) is 7.94. The maximum Gasteiger partial charge on any atom is 0.320 e. The SMILES string of the molecule is CCCCOC(=O)CN(C)CCOc1cccc(C)c1. The van der Waals surface area contributed by atoms with Crippen LogP contribution in [-0.2, 0) is 9.53 Å². The number of unbranched alkanes of at least 4 members (excludes halogenated alkanes) is 1. The van der Waals surface area contributed by atoms with Crippen molar-refractivity contribution in [2.45, 2.75) is 26.7 Å². The van der Waals surface area contributed by atoms with Crippen LogP contribution in [0.1, 0.15) is 25.3 Å². The molecule has 0 unspecified atom stereocenters. The van der Waals surface area contributed by atoms with E-state index in [2.05, 4.69) is 6.92 Å². The molecule has 4 nitrogen and oxygen atoms in total. The Morgan fingerprint density at radius 1 is 1.30 bits per heavy atom. The van der Waals surface area contributed by atoms with Crippen LogP contribution in [0.3, 0.4) is 0 Å². The van der Waals surface area contributed by atoms with E-state index in [1.807, 2.05) is 43.1 Å². The van der Waals surface area contributed by atoms with E-state index in [-0.39, 0.29) is 5.97 Å². The normalized spacial score (nSPS) is 10.6. The largest absolute Gasteiger partial charge is 0.492 e. The molecular weight excluding hydrogens is 254 g/mol. The number of carbonyl (C=O) groups excluding carboxylic acids is 1. The molecule has 4 heteroatoms. The Labute approximate surface area is 121 Å². The molecule has 1 rings (SSSR count). The number of benzene rings is 1. The predicted octanol–water partition coefficient (Wildman–Crippen LogP) is 2.65. The molecule has 0 aliphatic heterocycles. The summed E-state index contributed by atoms with van der Waals surface area (Å²) >= 11 is 0. The van der Waals surface area contributed by atoms with Crippen molar-refractivity contribution in [3.8, 4) is 5.75 Å². The number of esters is 1. The average Bonchev–Trinajstić information content (AvgIpc) is 2.39. The van der Waals surface area contributed by atoms with Crippen molar-refractivity contribution in [3.63, 3.8) is 0 Å². The molecule has 0 amide bonds. The predicted molar refractivity (Wildman–Crippen MR) is 80.0 cm³/mol. The quantitative estimate of drug-likeness (QED) is 0.514. The molecular formula is C16H25NO3. The maximum absolute atomic E-state index is 11.5. The van der Waals surface area contributed by atoms with Crippen LogP contribution in [0.5, 0.6) is 5.75 Å². The fraction of sp³-hybridized carbons (Fsp3) is 0.562. The molecule has 0 aliphatic rings. The number of carbonyl (C=O) groups is 1. The third-order valence-electron chi connectivity index (χ3n) is 2.89. The van der Waals surface area contributed by atoms with E-state index < -0.39 is 0 Å². The smallest absolute Gasteiger partial charge is 0.320 e. The Balaban J connectivity index is 2.16. The van der Waals surface area contributed by atoms with E-state index in [9.17, 15) is 4.79 Å². The highest BCUT2D eigenvalue weighted by Crippen LogP contribution is 2.11. The summed E-state index contributed by atoms with van der Waals surface area (Å²) in [5, 5.41) is 0. The van der Waals surface area contributed by atoms with Gasteiger partial charge in [-0.15, -0.1) is 0 Å². The van der Waals surface area contributed by atoms with Crippen LogP contribution in [0.2, 0.25) is 0 Å². The molecule has 0 fully saturated rings. The number of likely N-dealkylation sites (N-methyl/N-ethyl adjacent to an activating group) is 1. The van der Waals surface area contributed by atoms with Crippen LogP contribution in [0.25, 0.3) is 0 Å². The fourth-order valence-electron chi connectivity index (χ4n) is 1.70. The van der Waals surface area contributed by atoms with Gasteiger partial charge in [-0.3, -0.25) is 9.69 Å². The van der Waals surface area contributed by atoms with Crippen molar-refractivity contribution in [1.82, 2.24) is 4.90 Å². The van der Waals surface area contributed by atoms with Crippen molar-refractivity contribution in [2.24, 2.45) is 0 Å². The Morgan fingerprint density at radius 3 is 2.80 bits per heavy atom. The summed E-state index contributed by atoms with van der Waals surface area (Å²) in [7, 11) is 1.89. The fourth-order valence-corrected chi connectivity index (χ4v) is 1.70. The molecule has 0 bridgehead atoms. The van der Waals surface area contributed by atoms with Crippen molar-refractivity contribution in [1.29, 1.82) is 0 Å². The van der Waals surface area contributed by atoms with Gasteiger partial charge < -0.3 is 9.47 Å². The summed E-state index contributed by atoms with van der Waals surface area (Å²) in [6.45, 7) is 6.18. The van der Waals surface area contributed by atoms with Crippen molar-refractivity contribution >= 4 is 5.97 Å². The van der Waals surface area contributed by atoms with Crippen LogP contribution in [0, 0.1) is 6.92 Å². The highest BCUT2D eigenvalue weighted by atomic mass is 16.5. The Kier molecular flexibility index (Phi) is 7.73. The number of nitrogens with zero attached hydrogens (tertiary/aromatic N) is 1. The lowest BCUT2D eigenvalue weighted by molar-refractivity contribution is -0.144. The molecule has 20 heavy (non-hydrogen) atoms. The molecule has 0 N–H and O–H groups in total. The molecule has 1 aromatic carbocycles. The standard InChI is InChI=1S/C16H25NO3/c1-4-5-10-20-16(18)13-17(3)9-11-19-15-8-6-7-14(2)12-15/h6-8,12H,4-5,9-11,13H2,1-3H3. The highest BCUT2D eigenvalue weighted by Gasteiger charge is 2.07. The molecule has 0 aliphatic carbocycles. The lowest BCUT2D eigenvalue weighted by Crippen LogP contribution is -2.31. The van der Waals surface area contributed by atoms with Gasteiger partial charge in [0, 0.05) is 6.54 Å². The van der Waals surface area contributed by atoms with Crippen molar-refractivity contribution < 1.29 is 14.3 Å². The zero-order chi connectivity index (χ0) is 14.8. The molecule has 0 saturated heterocycles. The van der Waals surface area contributed by atoms with Crippen LogP contribution in [-0.4, -0.2) is 44.2 Å². The highest BCUT2D eigenvalue weighted by molar-refractivity contribution is 5.71. The van der Waals surface area contributed by atoms with Crippen molar-refractivity contribution in [3.05, 3.63) is 29.8 Å². The maximum atomic E-state index is 11.5. The van der Waals surface area contributed by atoms with E-state index in [4.69, 9.17) is 9.47 Å². The van der Waals surface area contributed by atoms with Gasteiger partial charge in [-0.25, -0.2) is 0 Å². The van der Waals surface area contributed by atoms with E-state index in [1.54, 1.807) is 0 Å². The zero-order valence-corrected chi connectivity index (χ0v) is 12.7. The first-order valence-electron chi connectivity index (χ1n) is 7.15. The van der Waals surface area contributed by atoms with Gasteiger partial charge in [0.15, 0.2) is 0 Å². The summed E-state index contributed by atoms with van der Waals surface area (Å²) in [6.07, 6.45) is 1.96.